The molecule has 2 aromatic rings. The molecule has 0 radical (unpaired) electrons. The molecule has 82 valence electrons. The zero-order chi connectivity index (χ0) is 11.4. The van der Waals surface area contributed by atoms with Crippen molar-refractivity contribution in [1.29, 1.82) is 0 Å². The molecule has 0 aliphatic rings. The van der Waals surface area contributed by atoms with Gasteiger partial charge in [0.2, 0.25) is 0 Å². The van der Waals surface area contributed by atoms with Crippen LogP contribution in [0.5, 0.6) is 0 Å². The van der Waals surface area contributed by atoms with Crippen LogP contribution in [0.4, 0.5) is 5.82 Å². The Morgan fingerprint density at radius 3 is 2.81 bits per heavy atom. The van der Waals surface area contributed by atoms with Crippen LogP contribution in [0.2, 0.25) is 0 Å². The second kappa shape index (κ2) is 4.65. The topological polar surface area (TPSA) is 63.6 Å². The Balaban J connectivity index is 2.05. The number of aromatic nitrogens is 4. The molecular formula is C11H13N5. The zero-order valence-corrected chi connectivity index (χ0v) is 9.31. The van der Waals surface area contributed by atoms with Crippen molar-refractivity contribution >= 4 is 5.82 Å². The first kappa shape index (κ1) is 10.5. The van der Waals surface area contributed by atoms with Gasteiger partial charge in [0.15, 0.2) is 0 Å². The average molecular weight is 215 g/mol. The monoisotopic (exact) mass is 215 g/mol. The van der Waals surface area contributed by atoms with Gasteiger partial charge in [-0.1, -0.05) is 0 Å². The van der Waals surface area contributed by atoms with Crippen molar-refractivity contribution < 1.29 is 0 Å². The van der Waals surface area contributed by atoms with Gasteiger partial charge in [-0.2, -0.15) is 0 Å². The molecule has 0 saturated carbocycles. The first-order valence-electron chi connectivity index (χ1n) is 5.05. The molecule has 0 bridgehead atoms. The standard InChI is InChI=1S/C11H13N5/c1-8-5-11(16-9(2)15-8)13-6-10-3-4-12-7-14-10/h3-5,7H,6H2,1-2H3,(H,13,15,16). The lowest BCUT2D eigenvalue weighted by Crippen LogP contribution is -2.05. The van der Waals surface area contributed by atoms with Crippen molar-refractivity contribution in [2.75, 3.05) is 5.32 Å². The molecule has 16 heavy (non-hydrogen) atoms. The molecule has 0 amide bonds. The highest BCUT2D eigenvalue weighted by Crippen LogP contribution is 2.06. The van der Waals surface area contributed by atoms with Crippen molar-refractivity contribution in [2.24, 2.45) is 0 Å². The van der Waals surface area contributed by atoms with Crippen LogP contribution in [0.15, 0.2) is 24.7 Å². The van der Waals surface area contributed by atoms with Gasteiger partial charge in [0.25, 0.3) is 0 Å². The Labute approximate surface area is 94.0 Å². The minimum Gasteiger partial charge on any atom is -0.364 e. The molecule has 0 aromatic carbocycles. The molecule has 5 nitrogen and oxygen atoms in total. The summed E-state index contributed by atoms with van der Waals surface area (Å²) < 4.78 is 0. The number of anilines is 1. The molecule has 0 atom stereocenters. The Morgan fingerprint density at radius 2 is 2.12 bits per heavy atom. The van der Waals surface area contributed by atoms with E-state index in [1.54, 1.807) is 6.20 Å². The second-order valence-corrected chi connectivity index (χ2v) is 3.50. The zero-order valence-electron chi connectivity index (χ0n) is 9.31. The van der Waals surface area contributed by atoms with E-state index in [9.17, 15) is 0 Å². The van der Waals surface area contributed by atoms with Gasteiger partial charge >= 0.3 is 0 Å². The maximum Gasteiger partial charge on any atom is 0.130 e. The van der Waals surface area contributed by atoms with E-state index in [1.807, 2.05) is 26.0 Å². The predicted octanol–water partition coefficient (Wildman–Crippen LogP) is 1.50. The van der Waals surface area contributed by atoms with Crippen LogP contribution < -0.4 is 5.32 Å². The number of aryl methyl sites for hydroxylation is 2. The van der Waals surface area contributed by atoms with Crippen LogP contribution in [0.25, 0.3) is 0 Å². The first-order chi connectivity index (χ1) is 7.74. The number of hydrogen-bond donors (Lipinski definition) is 1. The van der Waals surface area contributed by atoms with Crippen molar-refractivity contribution in [3.63, 3.8) is 0 Å². The fraction of sp³-hybridized carbons (Fsp3) is 0.273. The van der Waals surface area contributed by atoms with Crippen molar-refractivity contribution in [3.8, 4) is 0 Å². The van der Waals surface area contributed by atoms with Gasteiger partial charge in [-0.25, -0.2) is 19.9 Å². The lowest BCUT2D eigenvalue weighted by Gasteiger charge is -2.06. The lowest BCUT2D eigenvalue weighted by molar-refractivity contribution is 0.963. The summed E-state index contributed by atoms with van der Waals surface area (Å²) in [6, 6.07) is 3.78. The summed E-state index contributed by atoms with van der Waals surface area (Å²) in [4.78, 5) is 16.5. The molecule has 2 aromatic heterocycles. The Hall–Kier alpha value is -2.04. The van der Waals surface area contributed by atoms with Gasteiger partial charge in [0.1, 0.15) is 18.0 Å². The van der Waals surface area contributed by atoms with E-state index in [4.69, 9.17) is 0 Å². The molecule has 2 heterocycles. The molecule has 0 fully saturated rings. The van der Waals surface area contributed by atoms with E-state index in [-0.39, 0.29) is 0 Å². The SMILES string of the molecule is Cc1cc(NCc2ccncn2)nc(C)n1. The van der Waals surface area contributed by atoms with Crippen LogP contribution >= 0.6 is 0 Å². The second-order valence-electron chi connectivity index (χ2n) is 3.50. The van der Waals surface area contributed by atoms with E-state index in [1.165, 1.54) is 6.33 Å². The Kier molecular flexibility index (Phi) is 3.05. The average Bonchev–Trinajstić information content (AvgIpc) is 2.27. The number of nitrogens with one attached hydrogen (secondary N) is 1. The largest absolute Gasteiger partial charge is 0.364 e. The van der Waals surface area contributed by atoms with Crippen LogP contribution in [0, 0.1) is 13.8 Å². The molecule has 1 N–H and O–H groups in total. The molecule has 5 heteroatoms. The summed E-state index contributed by atoms with van der Waals surface area (Å²) in [6.45, 7) is 4.46. The number of nitrogens with zero attached hydrogens (tertiary/aromatic N) is 4. The number of rotatable bonds is 3. The Morgan fingerprint density at radius 1 is 1.25 bits per heavy atom. The molecule has 2 rings (SSSR count). The van der Waals surface area contributed by atoms with E-state index < -0.39 is 0 Å². The third-order valence-corrected chi connectivity index (χ3v) is 2.06. The molecule has 0 aliphatic heterocycles. The van der Waals surface area contributed by atoms with Gasteiger partial charge in [-0.05, 0) is 19.9 Å². The van der Waals surface area contributed by atoms with Gasteiger partial charge in [0, 0.05) is 18.0 Å². The minimum absolute atomic E-state index is 0.637. The third-order valence-electron chi connectivity index (χ3n) is 2.06. The van der Waals surface area contributed by atoms with E-state index in [0.29, 0.717) is 6.54 Å². The van der Waals surface area contributed by atoms with Crippen LogP contribution in [0.1, 0.15) is 17.2 Å². The molecule has 0 aliphatic carbocycles. The van der Waals surface area contributed by atoms with E-state index in [0.717, 1.165) is 23.0 Å². The van der Waals surface area contributed by atoms with Gasteiger partial charge in [-0.3, -0.25) is 0 Å². The summed E-state index contributed by atoms with van der Waals surface area (Å²) in [5, 5.41) is 3.20. The van der Waals surface area contributed by atoms with Crippen molar-refractivity contribution in [1.82, 2.24) is 19.9 Å². The first-order valence-corrected chi connectivity index (χ1v) is 5.05. The molecule has 0 spiro atoms. The van der Waals surface area contributed by atoms with Crippen LogP contribution in [-0.4, -0.2) is 19.9 Å². The molecule has 0 unspecified atom stereocenters. The van der Waals surface area contributed by atoms with Crippen LogP contribution in [-0.2, 0) is 6.54 Å². The molecule has 0 saturated heterocycles. The summed E-state index contributed by atoms with van der Waals surface area (Å²) in [6.07, 6.45) is 3.26. The van der Waals surface area contributed by atoms with Gasteiger partial charge in [-0.15, -0.1) is 0 Å². The summed E-state index contributed by atoms with van der Waals surface area (Å²) in [5.74, 6) is 1.59. The highest BCUT2D eigenvalue weighted by molar-refractivity contribution is 5.36. The quantitative estimate of drug-likeness (QED) is 0.840. The predicted molar refractivity (Wildman–Crippen MR) is 60.9 cm³/mol. The van der Waals surface area contributed by atoms with Crippen molar-refractivity contribution in [3.05, 3.63) is 41.9 Å². The Bertz CT molecular complexity index is 449. The fourth-order valence-corrected chi connectivity index (χ4v) is 1.41. The maximum absolute atomic E-state index is 4.28. The minimum atomic E-state index is 0.637. The van der Waals surface area contributed by atoms with Crippen molar-refractivity contribution in [2.45, 2.75) is 20.4 Å². The number of hydrogen-bond acceptors (Lipinski definition) is 5. The fourth-order valence-electron chi connectivity index (χ4n) is 1.41. The summed E-state index contributed by atoms with van der Waals surface area (Å²) in [7, 11) is 0. The van der Waals surface area contributed by atoms with E-state index in [2.05, 4.69) is 25.3 Å². The molecular weight excluding hydrogens is 202 g/mol. The smallest absolute Gasteiger partial charge is 0.130 e. The highest BCUT2D eigenvalue weighted by atomic mass is 15.0. The van der Waals surface area contributed by atoms with Gasteiger partial charge < -0.3 is 5.32 Å². The van der Waals surface area contributed by atoms with Crippen LogP contribution in [0.3, 0.4) is 0 Å². The summed E-state index contributed by atoms with van der Waals surface area (Å²) in [5.41, 5.74) is 1.89. The summed E-state index contributed by atoms with van der Waals surface area (Å²) >= 11 is 0. The highest BCUT2D eigenvalue weighted by Gasteiger charge is 1.98. The lowest BCUT2D eigenvalue weighted by atomic mass is 10.3. The normalized spacial score (nSPS) is 10.1. The van der Waals surface area contributed by atoms with Gasteiger partial charge in [0.05, 0.1) is 12.2 Å². The third kappa shape index (κ3) is 2.73. The van der Waals surface area contributed by atoms with E-state index >= 15 is 0 Å². The maximum atomic E-state index is 4.28.